The van der Waals surface area contributed by atoms with Gasteiger partial charge in [-0.1, -0.05) is 35.6 Å². The fraction of sp³-hybridized carbons (Fsp3) is 0.400. The molecule has 142 valence electrons. The smallest absolute Gasteiger partial charge is 0.139 e. The normalized spacial score (nSPS) is 11.9. The fourth-order valence-corrected chi connectivity index (χ4v) is 4.29. The van der Waals surface area contributed by atoms with E-state index >= 15 is 0 Å². The van der Waals surface area contributed by atoms with Crippen molar-refractivity contribution in [1.82, 2.24) is 14.3 Å². The third-order valence-corrected chi connectivity index (χ3v) is 6.72. The van der Waals surface area contributed by atoms with E-state index in [-0.39, 0.29) is 0 Å². The predicted molar refractivity (Wildman–Crippen MR) is 115 cm³/mol. The van der Waals surface area contributed by atoms with Crippen molar-refractivity contribution in [2.75, 3.05) is 6.61 Å². The van der Waals surface area contributed by atoms with Gasteiger partial charge in [0, 0.05) is 54.6 Å². The van der Waals surface area contributed by atoms with E-state index in [0.717, 1.165) is 45.7 Å². The lowest BCUT2D eigenvalue weighted by atomic mass is 10.1. The van der Waals surface area contributed by atoms with Crippen LogP contribution in [0.15, 0.2) is 35.2 Å². The van der Waals surface area contributed by atoms with Crippen molar-refractivity contribution in [2.45, 2.75) is 45.9 Å². The largest absolute Gasteiger partial charge is 0.360 e. The van der Waals surface area contributed by atoms with Gasteiger partial charge in [-0.15, -0.1) is 0 Å². The quantitative estimate of drug-likeness (QED) is 0.358. The maximum absolute atomic E-state index is 9.53. The Morgan fingerprint density at radius 2 is 2.04 bits per heavy atom. The highest BCUT2D eigenvalue weighted by molar-refractivity contribution is 9.10. The number of aromatic nitrogens is 3. The van der Waals surface area contributed by atoms with E-state index in [2.05, 4.69) is 70.5 Å². The maximum atomic E-state index is 9.53. The molecule has 27 heavy (non-hydrogen) atoms. The molecule has 0 radical (unpaired) electrons. The molecular formula is C20H25BrN4OSi. The van der Waals surface area contributed by atoms with E-state index in [1.165, 1.54) is 0 Å². The first-order valence-electron chi connectivity index (χ1n) is 9.15. The van der Waals surface area contributed by atoms with Crippen molar-refractivity contribution >= 4 is 34.9 Å². The number of hydrogen-bond donors (Lipinski definition) is 0. The topological polar surface area (TPSA) is 55.8 Å². The number of ether oxygens (including phenoxy) is 1. The average molecular weight is 445 g/mol. The summed E-state index contributed by atoms with van der Waals surface area (Å²) in [5.74, 6) is 0. The van der Waals surface area contributed by atoms with Crippen LogP contribution >= 0.6 is 15.9 Å². The van der Waals surface area contributed by atoms with E-state index < -0.39 is 8.07 Å². The molecule has 0 amide bonds. The van der Waals surface area contributed by atoms with Gasteiger partial charge in [0.25, 0.3) is 0 Å². The van der Waals surface area contributed by atoms with Crippen LogP contribution in [0.5, 0.6) is 0 Å². The van der Waals surface area contributed by atoms with Crippen LogP contribution in [0.25, 0.3) is 22.0 Å². The number of halogens is 1. The Bertz CT molecular complexity index is 994. The zero-order chi connectivity index (χ0) is 19.6. The maximum Gasteiger partial charge on any atom is 0.139 e. The van der Waals surface area contributed by atoms with Gasteiger partial charge in [-0.2, -0.15) is 10.4 Å². The Balaban J connectivity index is 1.87. The highest BCUT2D eigenvalue weighted by atomic mass is 79.9. The number of benzene rings is 1. The van der Waals surface area contributed by atoms with Crippen molar-refractivity contribution in [3.05, 3.63) is 40.8 Å². The lowest BCUT2D eigenvalue weighted by molar-refractivity contribution is 0.0786. The molecule has 0 atom stereocenters. The Hall–Kier alpha value is -1.88. The molecule has 3 aromatic rings. The molecular weight excluding hydrogens is 420 g/mol. The minimum absolute atomic E-state index is 0.462. The Morgan fingerprint density at radius 1 is 1.26 bits per heavy atom. The van der Waals surface area contributed by atoms with E-state index in [0.29, 0.717) is 12.3 Å². The summed E-state index contributed by atoms with van der Waals surface area (Å²) in [5.41, 5.74) is 3.76. The SMILES string of the molecule is CCn1cc(-c2cnn(COCC[Si](C)(C)C)c2)c2cc(Br)cc(C#N)c21. The number of nitrogens with zero attached hydrogens (tertiary/aromatic N) is 4. The van der Waals surface area contributed by atoms with Gasteiger partial charge in [0.1, 0.15) is 12.8 Å². The summed E-state index contributed by atoms with van der Waals surface area (Å²) in [6.45, 7) is 11.2. The van der Waals surface area contributed by atoms with E-state index in [1.54, 1.807) is 0 Å². The van der Waals surface area contributed by atoms with Gasteiger partial charge in [-0.05, 0) is 25.1 Å². The minimum Gasteiger partial charge on any atom is -0.360 e. The predicted octanol–water partition coefficient (Wildman–Crippen LogP) is 5.47. The fourth-order valence-electron chi connectivity index (χ4n) is 3.08. The Labute approximate surface area is 169 Å². The molecule has 0 spiro atoms. The first-order valence-corrected chi connectivity index (χ1v) is 13.7. The molecule has 7 heteroatoms. The summed E-state index contributed by atoms with van der Waals surface area (Å²) in [7, 11) is -1.08. The highest BCUT2D eigenvalue weighted by Gasteiger charge is 2.16. The van der Waals surface area contributed by atoms with Gasteiger partial charge >= 0.3 is 0 Å². The van der Waals surface area contributed by atoms with Crippen LogP contribution < -0.4 is 0 Å². The molecule has 0 aliphatic carbocycles. The van der Waals surface area contributed by atoms with Crippen molar-refractivity contribution < 1.29 is 4.74 Å². The molecule has 5 nitrogen and oxygen atoms in total. The number of rotatable bonds is 7. The number of hydrogen-bond acceptors (Lipinski definition) is 3. The molecule has 0 saturated carbocycles. The van der Waals surface area contributed by atoms with Crippen LogP contribution in [-0.4, -0.2) is 29.0 Å². The summed E-state index contributed by atoms with van der Waals surface area (Å²) in [4.78, 5) is 0. The molecule has 1 aromatic carbocycles. The number of fused-ring (bicyclic) bond motifs is 1. The summed E-state index contributed by atoms with van der Waals surface area (Å²) >= 11 is 3.53. The third-order valence-electron chi connectivity index (χ3n) is 4.56. The molecule has 0 bridgehead atoms. The van der Waals surface area contributed by atoms with Gasteiger partial charge in [-0.3, -0.25) is 0 Å². The van der Waals surface area contributed by atoms with Gasteiger partial charge in [0.05, 0.1) is 17.3 Å². The number of nitriles is 1. The number of aryl methyl sites for hydroxylation is 1. The zero-order valence-electron chi connectivity index (χ0n) is 16.3. The summed E-state index contributed by atoms with van der Waals surface area (Å²) in [5, 5.41) is 15.0. The second kappa shape index (κ2) is 8.01. The van der Waals surface area contributed by atoms with Crippen LogP contribution in [0, 0.1) is 11.3 Å². The van der Waals surface area contributed by atoms with Crippen LogP contribution in [-0.2, 0) is 18.0 Å². The van der Waals surface area contributed by atoms with Crippen LogP contribution in [0.2, 0.25) is 25.7 Å². The monoisotopic (exact) mass is 444 g/mol. The first-order chi connectivity index (χ1) is 12.8. The van der Waals surface area contributed by atoms with Crippen LogP contribution in [0.4, 0.5) is 0 Å². The lowest BCUT2D eigenvalue weighted by Crippen LogP contribution is -2.22. The van der Waals surface area contributed by atoms with Crippen molar-refractivity contribution in [3.63, 3.8) is 0 Å². The summed E-state index contributed by atoms with van der Waals surface area (Å²) in [6.07, 6.45) is 5.98. The van der Waals surface area contributed by atoms with Gasteiger partial charge in [0.15, 0.2) is 0 Å². The molecule has 0 unspecified atom stereocenters. The van der Waals surface area contributed by atoms with Gasteiger partial charge in [0.2, 0.25) is 0 Å². The van der Waals surface area contributed by atoms with E-state index in [9.17, 15) is 5.26 Å². The van der Waals surface area contributed by atoms with E-state index in [1.807, 2.05) is 23.1 Å². The molecule has 0 saturated heterocycles. The molecule has 2 aromatic heterocycles. The third kappa shape index (κ3) is 4.51. The highest BCUT2D eigenvalue weighted by Crippen LogP contribution is 2.34. The van der Waals surface area contributed by atoms with Crippen LogP contribution in [0.3, 0.4) is 0 Å². The summed E-state index contributed by atoms with van der Waals surface area (Å²) in [6, 6.07) is 7.40. The molecule has 0 N–H and O–H groups in total. The average Bonchev–Trinajstić information content (AvgIpc) is 3.21. The van der Waals surface area contributed by atoms with Crippen molar-refractivity contribution in [3.8, 4) is 17.2 Å². The zero-order valence-corrected chi connectivity index (χ0v) is 18.9. The van der Waals surface area contributed by atoms with Crippen molar-refractivity contribution in [1.29, 1.82) is 5.26 Å². The second-order valence-electron chi connectivity index (χ2n) is 7.91. The molecule has 3 rings (SSSR count). The lowest BCUT2D eigenvalue weighted by Gasteiger charge is -2.15. The van der Waals surface area contributed by atoms with Gasteiger partial charge < -0.3 is 9.30 Å². The van der Waals surface area contributed by atoms with Gasteiger partial charge in [-0.25, -0.2) is 4.68 Å². The second-order valence-corrected chi connectivity index (χ2v) is 14.4. The standard InChI is InChI=1S/C20H25BrN4OSi/c1-5-24-13-19(18-9-17(21)8-15(10-22)20(18)24)16-11-23-25(12-16)14-26-6-7-27(2,3)4/h8-9,11-13H,5-7,14H2,1-4H3. The Morgan fingerprint density at radius 3 is 2.70 bits per heavy atom. The molecule has 0 fully saturated rings. The van der Waals surface area contributed by atoms with E-state index in [4.69, 9.17) is 4.74 Å². The Kier molecular flexibility index (Phi) is 5.89. The molecule has 0 aliphatic heterocycles. The summed E-state index contributed by atoms with van der Waals surface area (Å²) < 4.78 is 10.7. The van der Waals surface area contributed by atoms with Crippen LogP contribution in [0.1, 0.15) is 12.5 Å². The first kappa shape index (κ1) is 19.9. The molecule has 2 heterocycles. The molecule has 0 aliphatic rings. The van der Waals surface area contributed by atoms with Crippen molar-refractivity contribution in [2.24, 2.45) is 0 Å². The minimum atomic E-state index is -1.08.